The molecule has 0 aliphatic carbocycles. The van der Waals surface area contributed by atoms with Crippen LogP contribution in [0.15, 0.2) is 60.7 Å². The average Bonchev–Trinajstić information content (AvgIpc) is 2.86. The molecule has 1 atom stereocenters. The maximum absolute atomic E-state index is 13.6. The number of methoxy groups -OCH3 is 2. The highest BCUT2D eigenvalue weighted by molar-refractivity contribution is 14.1. The van der Waals surface area contributed by atoms with Gasteiger partial charge in [-0.1, -0.05) is 12.1 Å². The number of nitrogens with zero attached hydrogens (tertiary/aromatic N) is 2. The SMILES string of the molecule is COc1cc2c(cc1OC)C(COc1ccc([N+](=O)[O-])cc1)N(C(=O)c1ccccc1I)CC2. The maximum Gasteiger partial charge on any atom is 0.269 e. The number of amides is 1. The standard InChI is InChI=1S/C25H23IN2O6/c1-32-23-13-16-11-12-27(25(29)19-5-3-4-6-21(19)26)22(20(16)14-24(23)33-2)15-34-18-9-7-17(8-10-18)28(30)31/h3-10,13-14,22H,11-12,15H2,1-2H3. The number of halogens is 1. The molecule has 8 nitrogen and oxygen atoms in total. The summed E-state index contributed by atoms with van der Waals surface area (Å²) in [6.45, 7) is 0.691. The third-order valence-corrected chi connectivity index (χ3v) is 6.76. The lowest BCUT2D eigenvalue weighted by Crippen LogP contribution is -2.42. The van der Waals surface area contributed by atoms with E-state index in [9.17, 15) is 14.9 Å². The second-order valence-electron chi connectivity index (χ2n) is 7.71. The molecule has 9 heteroatoms. The second kappa shape index (κ2) is 10.3. The zero-order valence-electron chi connectivity index (χ0n) is 18.7. The molecule has 1 heterocycles. The lowest BCUT2D eigenvalue weighted by atomic mass is 9.91. The number of fused-ring (bicyclic) bond motifs is 1. The van der Waals surface area contributed by atoms with Crippen LogP contribution in [0.4, 0.5) is 5.69 Å². The number of ether oxygens (including phenoxy) is 3. The van der Waals surface area contributed by atoms with E-state index < -0.39 is 4.92 Å². The van der Waals surface area contributed by atoms with Gasteiger partial charge in [0.1, 0.15) is 12.4 Å². The van der Waals surface area contributed by atoms with Gasteiger partial charge in [0, 0.05) is 22.2 Å². The van der Waals surface area contributed by atoms with Crippen molar-refractivity contribution in [3.63, 3.8) is 0 Å². The smallest absolute Gasteiger partial charge is 0.269 e. The van der Waals surface area contributed by atoms with E-state index in [0.29, 0.717) is 35.8 Å². The summed E-state index contributed by atoms with van der Waals surface area (Å²) in [4.78, 5) is 25.9. The largest absolute Gasteiger partial charge is 0.493 e. The van der Waals surface area contributed by atoms with Crippen molar-refractivity contribution in [3.8, 4) is 17.2 Å². The number of rotatable bonds is 7. The molecule has 0 bridgehead atoms. The van der Waals surface area contributed by atoms with E-state index in [1.807, 2.05) is 41.3 Å². The Morgan fingerprint density at radius 1 is 1.09 bits per heavy atom. The first-order valence-electron chi connectivity index (χ1n) is 10.6. The fourth-order valence-corrected chi connectivity index (χ4v) is 4.70. The quantitative estimate of drug-likeness (QED) is 0.223. The van der Waals surface area contributed by atoms with Gasteiger partial charge in [0.25, 0.3) is 11.6 Å². The molecule has 1 aliphatic rings. The number of carbonyl (C=O) groups is 1. The Hall–Kier alpha value is -3.34. The van der Waals surface area contributed by atoms with Gasteiger partial charge in [0.15, 0.2) is 11.5 Å². The van der Waals surface area contributed by atoms with Crippen LogP contribution >= 0.6 is 22.6 Å². The van der Waals surface area contributed by atoms with Crippen molar-refractivity contribution >= 4 is 34.2 Å². The van der Waals surface area contributed by atoms with Crippen LogP contribution in [0.1, 0.15) is 27.5 Å². The molecule has 4 rings (SSSR count). The summed E-state index contributed by atoms with van der Waals surface area (Å²) in [6.07, 6.45) is 0.666. The molecule has 1 unspecified atom stereocenters. The molecular formula is C25H23IN2O6. The fourth-order valence-electron chi connectivity index (χ4n) is 4.08. The Bertz CT molecular complexity index is 1210. The number of non-ortho nitro benzene ring substituents is 1. The molecule has 0 radical (unpaired) electrons. The Kier molecular flexibility index (Phi) is 7.20. The van der Waals surface area contributed by atoms with Gasteiger partial charge in [-0.05, 0) is 76.5 Å². The van der Waals surface area contributed by atoms with E-state index in [-0.39, 0.29) is 24.2 Å². The van der Waals surface area contributed by atoms with Gasteiger partial charge < -0.3 is 19.1 Å². The minimum atomic E-state index is -0.456. The van der Waals surface area contributed by atoms with Crippen LogP contribution in [-0.4, -0.2) is 43.1 Å². The molecule has 0 fully saturated rings. The zero-order valence-corrected chi connectivity index (χ0v) is 20.9. The molecule has 176 valence electrons. The van der Waals surface area contributed by atoms with Crippen LogP contribution in [-0.2, 0) is 6.42 Å². The molecule has 1 aliphatic heterocycles. The van der Waals surface area contributed by atoms with Gasteiger partial charge in [0.05, 0.1) is 30.7 Å². The summed E-state index contributed by atoms with van der Waals surface area (Å²) in [6, 6.07) is 16.8. The van der Waals surface area contributed by atoms with Gasteiger partial charge in [-0.3, -0.25) is 14.9 Å². The Morgan fingerprint density at radius 2 is 1.76 bits per heavy atom. The highest BCUT2D eigenvalue weighted by Gasteiger charge is 2.34. The summed E-state index contributed by atoms with van der Waals surface area (Å²) in [7, 11) is 3.17. The fraction of sp³-hybridized carbons (Fsp3) is 0.240. The topological polar surface area (TPSA) is 91.1 Å². The van der Waals surface area contributed by atoms with Gasteiger partial charge in [-0.25, -0.2) is 0 Å². The number of carbonyl (C=O) groups excluding carboxylic acids is 1. The lowest BCUT2D eigenvalue weighted by Gasteiger charge is -2.38. The zero-order chi connectivity index (χ0) is 24.2. The van der Waals surface area contributed by atoms with Crippen LogP contribution < -0.4 is 14.2 Å². The van der Waals surface area contributed by atoms with Crippen LogP contribution in [0.25, 0.3) is 0 Å². The summed E-state index contributed by atoms with van der Waals surface area (Å²) in [5.74, 6) is 1.61. The second-order valence-corrected chi connectivity index (χ2v) is 8.87. The Labute approximate surface area is 210 Å². The predicted molar refractivity (Wildman–Crippen MR) is 135 cm³/mol. The van der Waals surface area contributed by atoms with Crippen molar-refractivity contribution in [2.75, 3.05) is 27.4 Å². The third-order valence-electron chi connectivity index (χ3n) is 5.82. The van der Waals surface area contributed by atoms with Gasteiger partial charge in [-0.2, -0.15) is 0 Å². The average molecular weight is 574 g/mol. The first-order valence-corrected chi connectivity index (χ1v) is 11.7. The summed E-state index contributed by atoms with van der Waals surface area (Å²) < 4.78 is 17.9. The van der Waals surface area contributed by atoms with Crippen molar-refractivity contribution in [1.82, 2.24) is 4.90 Å². The third kappa shape index (κ3) is 4.79. The highest BCUT2D eigenvalue weighted by atomic mass is 127. The summed E-state index contributed by atoms with van der Waals surface area (Å²) >= 11 is 2.17. The van der Waals surface area contributed by atoms with E-state index in [4.69, 9.17) is 14.2 Å². The first-order chi connectivity index (χ1) is 16.4. The monoisotopic (exact) mass is 574 g/mol. The summed E-state index contributed by atoms with van der Waals surface area (Å²) in [5, 5.41) is 10.9. The molecule has 34 heavy (non-hydrogen) atoms. The first kappa shape index (κ1) is 23.8. The minimum Gasteiger partial charge on any atom is -0.493 e. The molecular weight excluding hydrogens is 551 g/mol. The minimum absolute atomic E-state index is 0.0114. The van der Waals surface area contributed by atoms with E-state index in [1.165, 1.54) is 12.1 Å². The van der Waals surface area contributed by atoms with Crippen LogP contribution in [0, 0.1) is 13.7 Å². The molecule has 3 aromatic rings. The molecule has 0 spiro atoms. The Morgan fingerprint density at radius 3 is 2.41 bits per heavy atom. The van der Waals surface area contributed by atoms with Crippen molar-refractivity contribution < 1.29 is 23.9 Å². The number of benzene rings is 3. The number of hydrogen-bond acceptors (Lipinski definition) is 6. The van der Waals surface area contributed by atoms with E-state index in [2.05, 4.69) is 22.6 Å². The van der Waals surface area contributed by atoms with Crippen molar-refractivity contribution in [2.45, 2.75) is 12.5 Å². The molecule has 3 aromatic carbocycles. The van der Waals surface area contributed by atoms with E-state index in [1.54, 1.807) is 26.4 Å². The van der Waals surface area contributed by atoms with Crippen LogP contribution in [0.3, 0.4) is 0 Å². The number of nitro groups is 1. The van der Waals surface area contributed by atoms with Gasteiger partial charge >= 0.3 is 0 Å². The van der Waals surface area contributed by atoms with Gasteiger partial charge in [0.2, 0.25) is 0 Å². The Balaban J connectivity index is 1.69. The molecule has 0 saturated heterocycles. The summed E-state index contributed by atoms with van der Waals surface area (Å²) in [5.41, 5.74) is 2.60. The predicted octanol–water partition coefficient (Wildman–Crippen LogP) is 5.04. The van der Waals surface area contributed by atoms with E-state index in [0.717, 1.165) is 14.7 Å². The van der Waals surface area contributed by atoms with Crippen LogP contribution in [0.2, 0.25) is 0 Å². The molecule has 0 N–H and O–H groups in total. The number of nitro benzene ring substituents is 1. The van der Waals surface area contributed by atoms with E-state index >= 15 is 0 Å². The lowest BCUT2D eigenvalue weighted by molar-refractivity contribution is -0.384. The maximum atomic E-state index is 13.6. The normalized spacial score (nSPS) is 14.8. The van der Waals surface area contributed by atoms with Gasteiger partial charge in [-0.15, -0.1) is 0 Å². The molecule has 0 saturated carbocycles. The molecule has 1 amide bonds. The van der Waals surface area contributed by atoms with Crippen molar-refractivity contribution in [2.24, 2.45) is 0 Å². The highest BCUT2D eigenvalue weighted by Crippen LogP contribution is 2.39. The van der Waals surface area contributed by atoms with Crippen molar-refractivity contribution in [3.05, 3.63) is 91.0 Å². The van der Waals surface area contributed by atoms with Crippen LogP contribution in [0.5, 0.6) is 17.2 Å². The van der Waals surface area contributed by atoms with Crippen molar-refractivity contribution in [1.29, 1.82) is 0 Å². The molecule has 0 aromatic heterocycles. The number of hydrogen-bond donors (Lipinski definition) is 0.